The number of hydrogen-bond acceptors (Lipinski definition) is 2. The van der Waals surface area contributed by atoms with E-state index in [0.717, 1.165) is 12.0 Å². The van der Waals surface area contributed by atoms with Gasteiger partial charge in [0, 0.05) is 18.2 Å². The summed E-state index contributed by atoms with van der Waals surface area (Å²) in [5, 5.41) is 3.40. The molecule has 2 rings (SSSR count). The van der Waals surface area contributed by atoms with Gasteiger partial charge in [0.1, 0.15) is 0 Å². The number of nitrogens with one attached hydrogen (secondary N) is 1. The summed E-state index contributed by atoms with van der Waals surface area (Å²) in [6.07, 6.45) is 3.51. The van der Waals surface area contributed by atoms with Crippen molar-refractivity contribution in [1.29, 1.82) is 0 Å². The van der Waals surface area contributed by atoms with Gasteiger partial charge in [0.15, 0.2) is 11.6 Å². The van der Waals surface area contributed by atoms with Crippen LogP contribution < -0.4 is 10.1 Å². The van der Waals surface area contributed by atoms with Gasteiger partial charge in [-0.3, -0.25) is 0 Å². The molecule has 0 spiro atoms. The normalized spacial score (nSPS) is 16.6. The molecule has 18 heavy (non-hydrogen) atoms. The Kier molecular flexibility index (Phi) is 4.59. The fourth-order valence-electron chi connectivity index (χ4n) is 1.74. The lowest BCUT2D eigenvalue weighted by atomic mass is 10.1. The Morgan fingerprint density at radius 3 is 2.89 bits per heavy atom. The van der Waals surface area contributed by atoms with Gasteiger partial charge in [0.2, 0.25) is 0 Å². The van der Waals surface area contributed by atoms with E-state index in [0.29, 0.717) is 30.9 Å². The predicted molar refractivity (Wildman–Crippen MR) is 71.2 cm³/mol. The Balaban J connectivity index is 1.99. The van der Waals surface area contributed by atoms with Crippen molar-refractivity contribution in [3.05, 3.63) is 29.6 Å². The third-order valence-electron chi connectivity index (χ3n) is 3.42. The Labute approximate surface area is 109 Å². The third kappa shape index (κ3) is 3.70. The summed E-state index contributed by atoms with van der Waals surface area (Å²) in [6, 6.07) is 5.77. The molecule has 0 aromatic heterocycles. The van der Waals surface area contributed by atoms with Gasteiger partial charge in [0.25, 0.3) is 0 Å². The van der Waals surface area contributed by atoms with Gasteiger partial charge in [0.05, 0.1) is 6.61 Å². The fourth-order valence-corrected chi connectivity index (χ4v) is 1.74. The van der Waals surface area contributed by atoms with Crippen LogP contribution in [0, 0.1) is 11.7 Å². The van der Waals surface area contributed by atoms with Crippen molar-refractivity contribution < 1.29 is 9.13 Å². The minimum absolute atomic E-state index is 0.256. The van der Waals surface area contributed by atoms with Crippen LogP contribution in [0.15, 0.2) is 18.2 Å². The number of hydrogen-bond donors (Lipinski definition) is 1. The molecular weight excluding hydrogens is 229 g/mol. The van der Waals surface area contributed by atoms with Gasteiger partial charge in [-0.25, -0.2) is 4.39 Å². The lowest BCUT2D eigenvalue weighted by molar-refractivity contribution is 0.243. The van der Waals surface area contributed by atoms with E-state index in [1.54, 1.807) is 6.07 Å². The second kappa shape index (κ2) is 6.19. The van der Waals surface area contributed by atoms with Gasteiger partial charge in [-0.05, 0) is 24.8 Å². The average molecular weight is 251 g/mol. The van der Waals surface area contributed by atoms with Crippen molar-refractivity contribution in [2.75, 3.05) is 6.61 Å². The van der Waals surface area contributed by atoms with E-state index < -0.39 is 0 Å². The van der Waals surface area contributed by atoms with Crippen LogP contribution in [0.1, 0.15) is 38.7 Å². The molecule has 0 aliphatic heterocycles. The van der Waals surface area contributed by atoms with E-state index in [2.05, 4.69) is 19.2 Å². The molecule has 0 amide bonds. The maximum Gasteiger partial charge on any atom is 0.165 e. The van der Waals surface area contributed by atoms with Crippen LogP contribution in [0.5, 0.6) is 5.75 Å². The molecule has 2 nitrogen and oxygen atoms in total. The van der Waals surface area contributed by atoms with Crippen molar-refractivity contribution >= 4 is 0 Å². The largest absolute Gasteiger partial charge is 0.490 e. The van der Waals surface area contributed by atoms with Crippen molar-refractivity contribution in [3.63, 3.8) is 0 Å². The van der Waals surface area contributed by atoms with Crippen LogP contribution in [0.4, 0.5) is 4.39 Å². The number of para-hydroxylation sites is 1. The highest BCUT2D eigenvalue weighted by Gasteiger charge is 2.21. The highest BCUT2D eigenvalue weighted by molar-refractivity contribution is 5.35. The first kappa shape index (κ1) is 13.3. The van der Waals surface area contributed by atoms with Crippen LogP contribution >= 0.6 is 0 Å². The summed E-state index contributed by atoms with van der Waals surface area (Å²) in [6.45, 7) is 5.50. The summed E-state index contributed by atoms with van der Waals surface area (Å²) in [5.41, 5.74) is 0.921. The standard InChI is InChI=1S/C15H22FNO/c1-3-11(2)10-18-15-12(5-4-6-14(15)16)9-17-13-7-8-13/h4-6,11,13,17H,3,7-10H2,1-2H3. The Morgan fingerprint density at radius 1 is 1.44 bits per heavy atom. The highest BCUT2D eigenvalue weighted by atomic mass is 19.1. The third-order valence-corrected chi connectivity index (χ3v) is 3.42. The molecule has 1 atom stereocenters. The number of benzene rings is 1. The zero-order valence-corrected chi connectivity index (χ0v) is 11.2. The first-order valence-corrected chi connectivity index (χ1v) is 6.84. The van der Waals surface area contributed by atoms with Crippen molar-refractivity contribution in [3.8, 4) is 5.75 Å². The molecule has 1 N–H and O–H groups in total. The second-order valence-electron chi connectivity index (χ2n) is 5.21. The summed E-state index contributed by atoms with van der Waals surface area (Å²) >= 11 is 0. The Hall–Kier alpha value is -1.09. The zero-order valence-electron chi connectivity index (χ0n) is 11.2. The maximum absolute atomic E-state index is 13.8. The molecular formula is C15H22FNO. The van der Waals surface area contributed by atoms with Gasteiger partial charge >= 0.3 is 0 Å². The van der Waals surface area contributed by atoms with Crippen LogP contribution in [0.2, 0.25) is 0 Å². The fraction of sp³-hybridized carbons (Fsp3) is 0.600. The zero-order chi connectivity index (χ0) is 13.0. The van der Waals surface area contributed by atoms with Crippen molar-refractivity contribution in [2.45, 2.75) is 45.7 Å². The van der Waals surface area contributed by atoms with E-state index in [-0.39, 0.29) is 5.82 Å². The number of halogens is 1. The van der Waals surface area contributed by atoms with E-state index in [9.17, 15) is 4.39 Å². The highest BCUT2D eigenvalue weighted by Crippen LogP contribution is 2.25. The van der Waals surface area contributed by atoms with Crippen molar-refractivity contribution in [1.82, 2.24) is 5.32 Å². The molecule has 0 radical (unpaired) electrons. The monoisotopic (exact) mass is 251 g/mol. The summed E-state index contributed by atoms with van der Waals surface area (Å²) in [5.74, 6) is 0.619. The van der Waals surface area contributed by atoms with E-state index in [1.807, 2.05) is 6.07 Å². The van der Waals surface area contributed by atoms with Crippen LogP contribution in [-0.4, -0.2) is 12.6 Å². The lowest BCUT2D eigenvalue weighted by Gasteiger charge is -2.15. The summed E-state index contributed by atoms with van der Waals surface area (Å²) < 4.78 is 19.5. The van der Waals surface area contributed by atoms with E-state index in [1.165, 1.54) is 18.9 Å². The first-order valence-electron chi connectivity index (χ1n) is 6.84. The molecule has 0 saturated heterocycles. The topological polar surface area (TPSA) is 21.3 Å². The quantitative estimate of drug-likeness (QED) is 0.800. The van der Waals surface area contributed by atoms with Crippen LogP contribution in [0.3, 0.4) is 0 Å². The Bertz CT molecular complexity index is 390. The lowest BCUT2D eigenvalue weighted by Crippen LogP contribution is -2.17. The molecule has 1 aromatic rings. The summed E-state index contributed by atoms with van der Waals surface area (Å²) in [7, 11) is 0. The van der Waals surface area contributed by atoms with Gasteiger partial charge in [-0.1, -0.05) is 32.4 Å². The van der Waals surface area contributed by atoms with Crippen molar-refractivity contribution in [2.24, 2.45) is 5.92 Å². The van der Waals surface area contributed by atoms with Crippen LogP contribution in [-0.2, 0) is 6.54 Å². The molecule has 1 saturated carbocycles. The number of ether oxygens (including phenoxy) is 1. The predicted octanol–water partition coefficient (Wildman–Crippen LogP) is 3.50. The molecule has 0 heterocycles. The molecule has 1 aliphatic carbocycles. The molecule has 1 aromatic carbocycles. The molecule has 0 bridgehead atoms. The maximum atomic E-state index is 13.8. The minimum atomic E-state index is -0.256. The SMILES string of the molecule is CCC(C)COc1c(F)cccc1CNC1CC1. The summed E-state index contributed by atoms with van der Waals surface area (Å²) in [4.78, 5) is 0. The van der Waals surface area contributed by atoms with Gasteiger partial charge in [-0.2, -0.15) is 0 Å². The molecule has 1 aliphatic rings. The molecule has 1 unspecified atom stereocenters. The Morgan fingerprint density at radius 2 is 2.22 bits per heavy atom. The molecule has 3 heteroatoms. The molecule has 100 valence electrons. The van der Waals surface area contributed by atoms with Gasteiger partial charge in [-0.15, -0.1) is 0 Å². The van der Waals surface area contributed by atoms with E-state index >= 15 is 0 Å². The smallest absolute Gasteiger partial charge is 0.165 e. The number of rotatable bonds is 7. The van der Waals surface area contributed by atoms with Crippen LogP contribution in [0.25, 0.3) is 0 Å². The molecule has 1 fully saturated rings. The van der Waals surface area contributed by atoms with E-state index in [4.69, 9.17) is 4.74 Å². The first-order chi connectivity index (χ1) is 8.70. The minimum Gasteiger partial charge on any atom is -0.490 e. The second-order valence-corrected chi connectivity index (χ2v) is 5.21. The van der Waals surface area contributed by atoms with Gasteiger partial charge < -0.3 is 10.1 Å². The average Bonchev–Trinajstić information content (AvgIpc) is 3.18.